The van der Waals surface area contributed by atoms with E-state index in [9.17, 15) is 0 Å². The monoisotopic (exact) mass is 372 g/mol. The zero-order valence-corrected chi connectivity index (χ0v) is 15.7. The van der Waals surface area contributed by atoms with Crippen LogP contribution in [-0.2, 0) is 6.54 Å². The minimum absolute atomic E-state index is 0.591. The van der Waals surface area contributed by atoms with Gasteiger partial charge in [-0.15, -0.1) is 0 Å². The number of rotatable bonds is 6. The molecule has 0 atom stereocenters. The lowest BCUT2D eigenvalue weighted by Gasteiger charge is -2.13. The Labute approximate surface area is 163 Å². The second-order valence-corrected chi connectivity index (χ2v) is 6.20. The molecule has 0 unspecified atom stereocenters. The molecule has 0 aliphatic heterocycles. The Balaban J connectivity index is 1.68. The van der Waals surface area contributed by atoms with Gasteiger partial charge in [0.25, 0.3) is 0 Å². The molecule has 4 aromatic rings. The molecule has 0 aliphatic carbocycles. The van der Waals surface area contributed by atoms with E-state index in [-0.39, 0.29) is 0 Å². The van der Waals surface area contributed by atoms with Gasteiger partial charge in [0.05, 0.1) is 19.7 Å². The number of pyridine rings is 1. The number of anilines is 1. The van der Waals surface area contributed by atoms with E-state index in [1.807, 2.05) is 54.6 Å². The summed E-state index contributed by atoms with van der Waals surface area (Å²) in [5, 5.41) is 4.40. The Morgan fingerprint density at radius 3 is 2.54 bits per heavy atom. The van der Waals surface area contributed by atoms with Crippen molar-refractivity contribution in [3.8, 4) is 22.9 Å². The lowest BCUT2D eigenvalue weighted by atomic mass is 10.2. The fourth-order valence-electron chi connectivity index (χ4n) is 3.01. The van der Waals surface area contributed by atoms with Gasteiger partial charge in [-0.2, -0.15) is 0 Å². The molecule has 6 nitrogen and oxygen atoms in total. The van der Waals surface area contributed by atoms with Crippen LogP contribution < -0.4 is 14.8 Å². The summed E-state index contributed by atoms with van der Waals surface area (Å²) in [6.45, 7) is 0.591. The van der Waals surface area contributed by atoms with E-state index < -0.39 is 0 Å². The second-order valence-electron chi connectivity index (χ2n) is 6.20. The van der Waals surface area contributed by atoms with Crippen LogP contribution in [0.4, 0.5) is 5.82 Å². The second kappa shape index (κ2) is 7.92. The Bertz CT molecular complexity index is 1100. The van der Waals surface area contributed by atoms with Crippen LogP contribution in [0.2, 0.25) is 0 Å². The lowest BCUT2D eigenvalue weighted by Crippen LogP contribution is -2.05. The first-order valence-electron chi connectivity index (χ1n) is 8.90. The van der Waals surface area contributed by atoms with Crippen molar-refractivity contribution in [3.63, 3.8) is 0 Å². The van der Waals surface area contributed by atoms with E-state index in [1.54, 1.807) is 26.6 Å². The van der Waals surface area contributed by atoms with Crippen LogP contribution in [-0.4, -0.2) is 29.2 Å². The number of benzene rings is 2. The number of hydrogen-bond donors (Lipinski definition) is 1. The molecule has 0 saturated carbocycles. The van der Waals surface area contributed by atoms with Gasteiger partial charge in [-0.3, -0.25) is 4.98 Å². The fourth-order valence-corrected chi connectivity index (χ4v) is 3.01. The van der Waals surface area contributed by atoms with Crippen LogP contribution in [0.5, 0.6) is 11.5 Å². The van der Waals surface area contributed by atoms with Crippen molar-refractivity contribution in [1.29, 1.82) is 0 Å². The maximum absolute atomic E-state index is 5.39. The quantitative estimate of drug-likeness (QED) is 0.544. The molecule has 6 heteroatoms. The van der Waals surface area contributed by atoms with Crippen LogP contribution >= 0.6 is 0 Å². The summed E-state index contributed by atoms with van der Waals surface area (Å²) in [4.78, 5) is 13.6. The standard InChI is InChI=1S/C22H20N4O2/c1-27-19-10-9-15(12-20(19)28-2)13-24-22-17-7-3-4-8-18(17)25-21(26-22)16-6-5-11-23-14-16/h3-12,14H,13H2,1-2H3,(H,24,25,26). The van der Waals surface area contributed by atoms with E-state index in [4.69, 9.17) is 14.5 Å². The molecule has 1 N–H and O–H groups in total. The van der Waals surface area contributed by atoms with Crippen LogP contribution in [0, 0.1) is 0 Å². The van der Waals surface area contributed by atoms with E-state index in [0.29, 0.717) is 23.9 Å². The van der Waals surface area contributed by atoms with Gasteiger partial charge < -0.3 is 14.8 Å². The molecule has 0 saturated heterocycles. The molecule has 2 aromatic heterocycles. The fraction of sp³-hybridized carbons (Fsp3) is 0.136. The molecule has 0 spiro atoms. The van der Waals surface area contributed by atoms with E-state index in [2.05, 4.69) is 15.3 Å². The Morgan fingerprint density at radius 2 is 1.75 bits per heavy atom. The number of hydrogen-bond acceptors (Lipinski definition) is 6. The van der Waals surface area contributed by atoms with Gasteiger partial charge in [-0.1, -0.05) is 18.2 Å². The summed E-state index contributed by atoms with van der Waals surface area (Å²) in [6.07, 6.45) is 3.50. The van der Waals surface area contributed by atoms with Crippen molar-refractivity contribution in [2.24, 2.45) is 0 Å². The van der Waals surface area contributed by atoms with Crippen molar-refractivity contribution >= 4 is 16.7 Å². The van der Waals surface area contributed by atoms with Crippen molar-refractivity contribution in [2.75, 3.05) is 19.5 Å². The summed E-state index contributed by atoms with van der Waals surface area (Å²) < 4.78 is 10.7. The number of fused-ring (bicyclic) bond motifs is 1. The molecular formula is C22H20N4O2. The molecule has 2 aromatic carbocycles. The molecule has 0 aliphatic rings. The molecule has 0 radical (unpaired) electrons. The van der Waals surface area contributed by atoms with Gasteiger partial charge in [-0.25, -0.2) is 9.97 Å². The summed E-state index contributed by atoms with van der Waals surface area (Å²) >= 11 is 0. The molecule has 0 fully saturated rings. The predicted molar refractivity (Wildman–Crippen MR) is 110 cm³/mol. The summed E-state index contributed by atoms with van der Waals surface area (Å²) in [7, 11) is 3.26. The molecule has 28 heavy (non-hydrogen) atoms. The zero-order chi connectivity index (χ0) is 19.3. The highest BCUT2D eigenvalue weighted by Crippen LogP contribution is 2.29. The first-order valence-corrected chi connectivity index (χ1v) is 8.90. The Hall–Kier alpha value is -3.67. The first-order chi connectivity index (χ1) is 13.8. The molecular weight excluding hydrogens is 352 g/mol. The van der Waals surface area contributed by atoms with Gasteiger partial charge in [0, 0.05) is 29.9 Å². The number of aromatic nitrogens is 3. The maximum atomic E-state index is 5.39. The van der Waals surface area contributed by atoms with Crippen molar-refractivity contribution < 1.29 is 9.47 Å². The molecule has 2 heterocycles. The Morgan fingerprint density at radius 1 is 0.893 bits per heavy atom. The molecule has 4 rings (SSSR count). The topological polar surface area (TPSA) is 69.2 Å². The number of para-hydroxylation sites is 1. The van der Waals surface area contributed by atoms with Crippen LogP contribution in [0.15, 0.2) is 67.0 Å². The summed E-state index contributed by atoms with van der Waals surface area (Å²) in [5.74, 6) is 2.82. The van der Waals surface area contributed by atoms with Gasteiger partial charge >= 0.3 is 0 Å². The number of nitrogens with zero attached hydrogens (tertiary/aromatic N) is 3. The normalized spacial score (nSPS) is 10.6. The van der Waals surface area contributed by atoms with Crippen molar-refractivity contribution in [2.45, 2.75) is 6.54 Å². The summed E-state index contributed by atoms with van der Waals surface area (Å²) in [5.41, 5.74) is 2.82. The van der Waals surface area contributed by atoms with Gasteiger partial charge in [0.1, 0.15) is 5.82 Å². The highest BCUT2D eigenvalue weighted by Gasteiger charge is 2.10. The number of ether oxygens (including phenoxy) is 2. The van der Waals surface area contributed by atoms with E-state index in [1.165, 1.54) is 0 Å². The highest BCUT2D eigenvalue weighted by molar-refractivity contribution is 5.90. The van der Waals surface area contributed by atoms with Gasteiger partial charge in [0.2, 0.25) is 0 Å². The first kappa shape index (κ1) is 17.7. The minimum Gasteiger partial charge on any atom is -0.493 e. The Kier molecular flexibility index (Phi) is 5.01. The van der Waals surface area contributed by atoms with Crippen molar-refractivity contribution in [3.05, 3.63) is 72.6 Å². The zero-order valence-electron chi connectivity index (χ0n) is 15.7. The minimum atomic E-state index is 0.591. The van der Waals surface area contributed by atoms with Crippen LogP contribution in [0.3, 0.4) is 0 Å². The molecule has 0 amide bonds. The maximum Gasteiger partial charge on any atom is 0.163 e. The average molecular weight is 372 g/mol. The molecule has 0 bridgehead atoms. The van der Waals surface area contributed by atoms with Crippen molar-refractivity contribution in [1.82, 2.24) is 15.0 Å². The predicted octanol–water partition coefficient (Wildman–Crippen LogP) is 4.32. The highest BCUT2D eigenvalue weighted by atomic mass is 16.5. The lowest BCUT2D eigenvalue weighted by molar-refractivity contribution is 0.354. The smallest absolute Gasteiger partial charge is 0.163 e. The van der Waals surface area contributed by atoms with E-state index in [0.717, 1.165) is 27.8 Å². The SMILES string of the molecule is COc1ccc(CNc2nc(-c3cccnc3)nc3ccccc23)cc1OC. The largest absolute Gasteiger partial charge is 0.493 e. The molecule has 140 valence electrons. The third-order valence-corrected chi connectivity index (χ3v) is 4.43. The third-order valence-electron chi connectivity index (χ3n) is 4.43. The number of nitrogens with one attached hydrogen (secondary N) is 1. The van der Waals surface area contributed by atoms with Crippen LogP contribution in [0.25, 0.3) is 22.3 Å². The van der Waals surface area contributed by atoms with Crippen LogP contribution in [0.1, 0.15) is 5.56 Å². The van der Waals surface area contributed by atoms with Gasteiger partial charge in [-0.05, 0) is 42.0 Å². The third kappa shape index (κ3) is 3.57. The van der Waals surface area contributed by atoms with Gasteiger partial charge in [0.15, 0.2) is 17.3 Å². The number of methoxy groups -OCH3 is 2. The van der Waals surface area contributed by atoms with E-state index >= 15 is 0 Å². The average Bonchev–Trinajstić information content (AvgIpc) is 2.77. The summed E-state index contributed by atoms with van der Waals surface area (Å²) in [6, 6.07) is 17.6.